The van der Waals surface area contributed by atoms with Gasteiger partial charge in [-0.25, -0.2) is 13.6 Å². The van der Waals surface area contributed by atoms with E-state index in [4.69, 9.17) is 5.14 Å². The number of nitrogens with two attached hydrogens (primary N) is 1. The van der Waals surface area contributed by atoms with E-state index in [0.29, 0.717) is 0 Å². The third-order valence-corrected chi connectivity index (χ3v) is 4.18. The molecule has 2 rings (SSSR count). The summed E-state index contributed by atoms with van der Waals surface area (Å²) in [6.45, 7) is 2.85. The van der Waals surface area contributed by atoms with Gasteiger partial charge in [0.25, 0.3) is 0 Å². The minimum atomic E-state index is -3.61. The summed E-state index contributed by atoms with van der Waals surface area (Å²) in [5.74, 6) is 0. The van der Waals surface area contributed by atoms with Gasteiger partial charge in [0.1, 0.15) is 0 Å². The van der Waals surface area contributed by atoms with Crippen LogP contribution in [0.2, 0.25) is 0 Å². The van der Waals surface area contributed by atoms with Crippen LogP contribution in [0.1, 0.15) is 24.2 Å². The first-order valence-electron chi connectivity index (χ1n) is 6.73. The van der Waals surface area contributed by atoms with Crippen LogP contribution in [-0.4, -0.2) is 19.9 Å². The highest BCUT2D eigenvalue weighted by Crippen LogP contribution is 2.10. The van der Waals surface area contributed by atoms with Crippen LogP contribution in [0.5, 0.6) is 0 Å². The van der Waals surface area contributed by atoms with Crippen LogP contribution in [0.4, 0.5) is 0 Å². The second-order valence-electron chi connectivity index (χ2n) is 4.87. The lowest BCUT2D eigenvalue weighted by molar-refractivity contribution is 0.564. The maximum Gasteiger partial charge on any atom is 0.238 e. The Morgan fingerprint density at radius 3 is 2.48 bits per heavy atom. The van der Waals surface area contributed by atoms with Crippen LogP contribution < -0.4 is 10.5 Å². The van der Waals surface area contributed by atoms with E-state index in [1.54, 1.807) is 18.3 Å². The molecule has 0 aliphatic heterocycles. The molecular weight excluding hydrogens is 286 g/mol. The molecular formula is C15H19N3O2S. The predicted octanol–water partition coefficient (Wildman–Crippen LogP) is 1.62. The molecule has 0 bridgehead atoms. The molecule has 5 nitrogen and oxygen atoms in total. The number of benzene rings is 1. The SMILES string of the molecule is CC(NCCc1ccc(S(N)(=O)=O)cc1)c1ccccn1. The van der Waals surface area contributed by atoms with Crippen molar-refractivity contribution in [2.24, 2.45) is 5.14 Å². The van der Waals surface area contributed by atoms with Gasteiger partial charge in [0.2, 0.25) is 10.0 Å². The summed E-state index contributed by atoms with van der Waals surface area (Å²) in [7, 11) is -3.61. The van der Waals surface area contributed by atoms with Crippen LogP contribution in [0.15, 0.2) is 53.6 Å². The first-order chi connectivity index (χ1) is 9.97. The molecule has 0 spiro atoms. The lowest BCUT2D eigenvalue weighted by atomic mass is 10.1. The smallest absolute Gasteiger partial charge is 0.238 e. The molecule has 1 aromatic carbocycles. The van der Waals surface area contributed by atoms with Crippen molar-refractivity contribution in [3.63, 3.8) is 0 Å². The van der Waals surface area contributed by atoms with Gasteiger partial charge in [-0.05, 0) is 49.7 Å². The molecule has 112 valence electrons. The number of primary sulfonamides is 1. The molecule has 6 heteroatoms. The molecule has 21 heavy (non-hydrogen) atoms. The topological polar surface area (TPSA) is 85.1 Å². The highest BCUT2D eigenvalue weighted by Gasteiger charge is 2.07. The van der Waals surface area contributed by atoms with Gasteiger partial charge in [0.05, 0.1) is 10.6 Å². The molecule has 0 aliphatic rings. The molecule has 0 radical (unpaired) electrons. The van der Waals surface area contributed by atoms with E-state index >= 15 is 0 Å². The quantitative estimate of drug-likeness (QED) is 0.849. The van der Waals surface area contributed by atoms with Gasteiger partial charge in [-0.3, -0.25) is 4.98 Å². The Balaban J connectivity index is 1.86. The maximum atomic E-state index is 11.2. The number of sulfonamides is 1. The van der Waals surface area contributed by atoms with Crippen LogP contribution in [0.25, 0.3) is 0 Å². The zero-order valence-electron chi connectivity index (χ0n) is 11.9. The minimum Gasteiger partial charge on any atom is -0.309 e. The lowest BCUT2D eigenvalue weighted by Gasteiger charge is -2.13. The normalized spacial score (nSPS) is 13.0. The fraction of sp³-hybridized carbons (Fsp3) is 0.267. The molecule has 1 atom stereocenters. The van der Waals surface area contributed by atoms with Gasteiger partial charge >= 0.3 is 0 Å². The lowest BCUT2D eigenvalue weighted by Crippen LogP contribution is -2.22. The van der Waals surface area contributed by atoms with Crippen molar-refractivity contribution in [1.29, 1.82) is 0 Å². The van der Waals surface area contributed by atoms with E-state index in [0.717, 1.165) is 24.2 Å². The molecule has 1 aromatic heterocycles. The molecule has 3 N–H and O–H groups in total. The molecule has 2 aromatic rings. The summed E-state index contributed by atoms with van der Waals surface area (Å²) in [6.07, 6.45) is 2.58. The average Bonchev–Trinajstić information content (AvgIpc) is 2.47. The Morgan fingerprint density at radius 1 is 1.19 bits per heavy atom. The van der Waals surface area contributed by atoms with Gasteiger partial charge in [-0.1, -0.05) is 18.2 Å². The van der Waals surface area contributed by atoms with Crippen LogP contribution in [0, 0.1) is 0 Å². The molecule has 0 amide bonds. The van der Waals surface area contributed by atoms with E-state index < -0.39 is 10.0 Å². The standard InChI is InChI=1S/C15H19N3O2S/c1-12(15-4-2-3-10-18-15)17-11-9-13-5-7-14(8-6-13)21(16,19)20/h2-8,10,12,17H,9,11H2,1H3,(H2,16,19,20). The first kappa shape index (κ1) is 15.6. The third-order valence-electron chi connectivity index (χ3n) is 3.25. The van der Waals surface area contributed by atoms with E-state index in [2.05, 4.69) is 17.2 Å². The molecule has 1 heterocycles. The number of rotatable bonds is 6. The fourth-order valence-electron chi connectivity index (χ4n) is 2.02. The second-order valence-corrected chi connectivity index (χ2v) is 6.43. The third kappa shape index (κ3) is 4.63. The van der Waals surface area contributed by atoms with Gasteiger partial charge in [-0.15, -0.1) is 0 Å². The largest absolute Gasteiger partial charge is 0.309 e. The monoisotopic (exact) mass is 305 g/mol. The van der Waals surface area contributed by atoms with Crippen molar-refractivity contribution in [3.8, 4) is 0 Å². The van der Waals surface area contributed by atoms with Gasteiger partial charge < -0.3 is 5.32 Å². The fourth-order valence-corrected chi connectivity index (χ4v) is 2.53. The zero-order chi connectivity index (χ0) is 15.3. The summed E-state index contributed by atoms with van der Waals surface area (Å²) in [4.78, 5) is 4.44. The van der Waals surface area contributed by atoms with E-state index in [1.165, 1.54) is 12.1 Å². The van der Waals surface area contributed by atoms with Gasteiger partial charge in [-0.2, -0.15) is 0 Å². The van der Waals surface area contributed by atoms with Crippen LogP contribution in [-0.2, 0) is 16.4 Å². The van der Waals surface area contributed by atoms with Gasteiger partial charge in [0.15, 0.2) is 0 Å². The summed E-state index contributed by atoms with van der Waals surface area (Å²) in [5.41, 5.74) is 2.06. The molecule has 0 saturated heterocycles. The minimum absolute atomic E-state index is 0.140. The number of nitrogens with zero attached hydrogens (tertiary/aromatic N) is 1. The number of pyridine rings is 1. The number of aromatic nitrogens is 1. The van der Waals surface area contributed by atoms with Crippen LogP contribution in [0.3, 0.4) is 0 Å². The Morgan fingerprint density at radius 2 is 1.90 bits per heavy atom. The van der Waals surface area contributed by atoms with E-state index in [-0.39, 0.29) is 10.9 Å². The molecule has 0 saturated carbocycles. The first-order valence-corrected chi connectivity index (χ1v) is 8.27. The highest BCUT2D eigenvalue weighted by atomic mass is 32.2. The Hall–Kier alpha value is -1.76. The molecule has 0 fully saturated rings. The molecule has 1 unspecified atom stereocenters. The predicted molar refractivity (Wildman–Crippen MR) is 82.2 cm³/mol. The van der Waals surface area contributed by atoms with Crippen molar-refractivity contribution < 1.29 is 8.42 Å². The van der Waals surface area contributed by atoms with Crippen LogP contribution >= 0.6 is 0 Å². The molecule has 0 aliphatic carbocycles. The van der Waals surface area contributed by atoms with Crippen molar-refractivity contribution in [1.82, 2.24) is 10.3 Å². The summed E-state index contributed by atoms with van der Waals surface area (Å²) in [6, 6.07) is 12.7. The Kier molecular flexibility index (Phi) is 5.06. The van der Waals surface area contributed by atoms with E-state index in [9.17, 15) is 8.42 Å². The van der Waals surface area contributed by atoms with Crippen molar-refractivity contribution in [2.75, 3.05) is 6.54 Å². The summed E-state index contributed by atoms with van der Waals surface area (Å²) >= 11 is 0. The summed E-state index contributed by atoms with van der Waals surface area (Å²) in [5, 5.41) is 8.45. The Labute approximate surface area is 125 Å². The Bertz CT molecular complexity index is 670. The van der Waals surface area contributed by atoms with Crippen molar-refractivity contribution >= 4 is 10.0 Å². The maximum absolute atomic E-state index is 11.2. The van der Waals surface area contributed by atoms with Crippen molar-refractivity contribution in [2.45, 2.75) is 24.3 Å². The second kappa shape index (κ2) is 6.80. The zero-order valence-corrected chi connectivity index (χ0v) is 12.7. The van der Waals surface area contributed by atoms with E-state index in [1.807, 2.05) is 18.2 Å². The van der Waals surface area contributed by atoms with Crippen molar-refractivity contribution in [3.05, 3.63) is 59.9 Å². The highest BCUT2D eigenvalue weighted by molar-refractivity contribution is 7.89. The van der Waals surface area contributed by atoms with Gasteiger partial charge in [0, 0.05) is 12.2 Å². The number of hydrogen-bond acceptors (Lipinski definition) is 4. The number of nitrogens with one attached hydrogen (secondary N) is 1. The summed E-state index contributed by atoms with van der Waals surface area (Å²) < 4.78 is 22.3. The number of hydrogen-bond donors (Lipinski definition) is 2. The average molecular weight is 305 g/mol.